The van der Waals surface area contributed by atoms with Gasteiger partial charge in [-0.2, -0.15) is 0 Å². The van der Waals surface area contributed by atoms with E-state index in [9.17, 15) is 0 Å². The normalized spacial score (nSPS) is 14.3. The Balaban J connectivity index is 2.39. The zero-order chi connectivity index (χ0) is 10.6. The molecule has 0 radical (unpaired) electrons. The van der Waals surface area contributed by atoms with E-state index >= 15 is 0 Å². The summed E-state index contributed by atoms with van der Waals surface area (Å²) >= 11 is 1.58. The van der Waals surface area contributed by atoms with Crippen LogP contribution in [-0.2, 0) is 4.74 Å². The van der Waals surface area contributed by atoms with Gasteiger partial charge in [0, 0.05) is 18.5 Å². The van der Waals surface area contributed by atoms with Crippen molar-refractivity contribution >= 4 is 11.3 Å². The van der Waals surface area contributed by atoms with Crippen LogP contribution < -0.4 is 5.73 Å². The summed E-state index contributed by atoms with van der Waals surface area (Å²) in [6.07, 6.45) is 1.85. The van der Waals surface area contributed by atoms with Crippen LogP contribution in [-0.4, -0.2) is 17.7 Å². The third kappa shape index (κ3) is 3.36. The zero-order valence-corrected chi connectivity index (χ0v) is 9.80. The van der Waals surface area contributed by atoms with Crippen LogP contribution in [0.5, 0.6) is 0 Å². The van der Waals surface area contributed by atoms with Crippen molar-refractivity contribution in [2.45, 2.75) is 38.3 Å². The van der Waals surface area contributed by atoms with Gasteiger partial charge in [0.1, 0.15) is 0 Å². The molecule has 1 aromatic rings. The third-order valence-corrected chi connectivity index (χ3v) is 3.05. The number of hydrogen-bond acceptors (Lipinski definition) is 4. The van der Waals surface area contributed by atoms with E-state index in [2.05, 4.69) is 18.8 Å². The fraction of sp³-hybridized carbons (Fsp3) is 0.700. The Morgan fingerprint density at radius 2 is 2.36 bits per heavy atom. The molecule has 1 atom stereocenters. The maximum atomic E-state index is 5.99. The van der Waals surface area contributed by atoms with Gasteiger partial charge in [-0.05, 0) is 26.7 Å². The summed E-state index contributed by atoms with van der Waals surface area (Å²) in [4.78, 5) is 4.20. The van der Waals surface area contributed by atoms with Crippen LogP contribution in [0.1, 0.15) is 38.4 Å². The number of rotatable bonds is 5. The first-order valence-electron chi connectivity index (χ1n) is 4.74. The molecule has 0 saturated heterocycles. The molecule has 0 aliphatic rings. The number of nitrogens with zero attached hydrogens (tertiary/aromatic N) is 1. The third-order valence-electron chi connectivity index (χ3n) is 2.44. The molecule has 80 valence electrons. The van der Waals surface area contributed by atoms with E-state index in [-0.39, 0.29) is 11.6 Å². The van der Waals surface area contributed by atoms with Gasteiger partial charge in [-0.15, -0.1) is 11.3 Å². The minimum atomic E-state index is -0.0896. The van der Waals surface area contributed by atoms with Crippen molar-refractivity contribution < 1.29 is 4.74 Å². The highest BCUT2D eigenvalue weighted by Crippen LogP contribution is 2.22. The lowest BCUT2D eigenvalue weighted by Gasteiger charge is -2.24. The Morgan fingerprint density at radius 3 is 2.86 bits per heavy atom. The molecule has 0 aromatic carbocycles. The molecule has 14 heavy (non-hydrogen) atoms. The van der Waals surface area contributed by atoms with E-state index < -0.39 is 0 Å². The van der Waals surface area contributed by atoms with Crippen LogP contribution in [0, 0.1) is 0 Å². The van der Waals surface area contributed by atoms with Gasteiger partial charge < -0.3 is 10.5 Å². The number of aromatic nitrogens is 1. The molecule has 0 aliphatic heterocycles. The molecule has 1 rings (SSSR count). The van der Waals surface area contributed by atoms with Gasteiger partial charge >= 0.3 is 0 Å². The van der Waals surface area contributed by atoms with Gasteiger partial charge in [0.05, 0.1) is 16.8 Å². The summed E-state index contributed by atoms with van der Waals surface area (Å²) in [5.41, 5.74) is 8.70. The van der Waals surface area contributed by atoms with Crippen LogP contribution in [0.15, 0.2) is 10.9 Å². The SMILES string of the molecule is COC(C)(C)CCC(N)c1cscn1. The lowest BCUT2D eigenvalue weighted by molar-refractivity contribution is 0.0124. The molecule has 0 amide bonds. The Kier molecular flexibility index (Phi) is 4.04. The van der Waals surface area contributed by atoms with E-state index in [0.717, 1.165) is 18.5 Å². The van der Waals surface area contributed by atoms with Crippen molar-refractivity contribution in [1.82, 2.24) is 4.98 Å². The van der Waals surface area contributed by atoms with E-state index in [4.69, 9.17) is 10.5 Å². The molecule has 0 bridgehead atoms. The van der Waals surface area contributed by atoms with Crippen molar-refractivity contribution in [3.63, 3.8) is 0 Å². The minimum Gasteiger partial charge on any atom is -0.379 e. The highest BCUT2D eigenvalue weighted by Gasteiger charge is 2.18. The van der Waals surface area contributed by atoms with Crippen molar-refractivity contribution in [3.05, 3.63) is 16.6 Å². The van der Waals surface area contributed by atoms with Crippen LogP contribution in [0.3, 0.4) is 0 Å². The standard InChI is InChI=1S/C10H18N2OS/c1-10(2,13-3)5-4-8(11)9-6-14-7-12-9/h6-8H,4-5,11H2,1-3H3. The van der Waals surface area contributed by atoms with Crippen molar-refractivity contribution in [3.8, 4) is 0 Å². The molecule has 1 unspecified atom stereocenters. The van der Waals surface area contributed by atoms with E-state index in [1.807, 2.05) is 10.9 Å². The quantitative estimate of drug-likeness (QED) is 0.818. The predicted octanol–water partition coefficient (Wildman–Crippen LogP) is 2.35. The Labute approximate surface area is 89.3 Å². The van der Waals surface area contributed by atoms with Crippen LogP contribution in [0.4, 0.5) is 0 Å². The number of methoxy groups -OCH3 is 1. The molecule has 0 spiro atoms. The van der Waals surface area contributed by atoms with Crippen molar-refractivity contribution in [1.29, 1.82) is 0 Å². The largest absolute Gasteiger partial charge is 0.379 e. The lowest BCUT2D eigenvalue weighted by Crippen LogP contribution is -2.24. The molecule has 4 heteroatoms. The smallest absolute Gasteiger partial charge is 0.0795 e. The summed E-state index contributed by atoms with van der Waals surface area (Å²) in [6, 6.07) is 0.0377. The molecular formula is C10H18N2OS. The fourth-order valence-corrected chi connectivity index (χ4v) is 1.78. The van der Waals surface area contributed by atoms with Gasteiger partial charge in [0.2, 0.25) is 0 Å². The van der Waals surface area contributed by atoms with Crippen molar-refractivity contribution in [2.24, 2.45) is 5.73 Å². The summed E-state index contributed by atoms with van der Waals surface area (Å²) in [6.45, 7) is 4.14. The number of hydrogen-bond donors (Lipinski definition) is 1. The van der Waals surface area contributed by atoms with Crippen LogP contribution in [0.25, 0.3) is 0 Å². The molecular weight excluding hydrogens is 196 g/mol. The Bertz CT molecular complexity index is 259. The van der Waals surface area contributed by atoms with Crippen LogP contribution in [0.2, 0.25) is 0 Å². The Morgan fingerprint density at radius 1 is 1.64 bits per heavy atom. The fourth-order valence-electron chi connectivity index (χ4n) is 1.16. The lowest BCUT2D eigenvalue weighted by atomic mass is 9.98. The molecule has 2 N–H and O–H groups in total. The number of nitrogens with two attached hydrogens (primary N) is 1. The summed E-state index contributed by atoms with van der Waals surface area (Å²) < 4.78 is 5.33. The molecule has 1 aromatic heterocycles. The van der Waals surface area contributed by atoms with E-state index in [0.29, 0.717) is 0 Å². The number of ether oxygens (including phenoxy) is 1. The van der Waals surface area contributed by atoms with Crippen molar-refractivity contribution in [2.75, 3.05) is 7.11 Å². The van der Waals surface area contributed by atoms with Gasteiger partial charge in [0.15, 0.2) is 0 Å². The molecule has 0 saturated carbocycles. The summed E-state index contributed by atoms with van der Waals surface area (Å²) in [5, 5.41) is 2.00. The first-order valence-corrected chi connectivity index (χ1v) is 5.68. The number of thiazole rings is 1. The second-order valence-electron chi connectivity index (χ2n) is 4.02. The molecule has 0 fully saturated rings. The highest BCUT2D eigenvalue weighted by molar-refractivity contribution is 7.07. The van der Waals surface area contributed by atoms with Crippen LogP contribution >= 0.6 is 11.3 Å². The van der Waals surface area contributed by atoms with Gasteiger partial charge in [-0.3, -0.25) is 0 Å². The molecule has 1 heterocycles. The van der Waals surface area contributed by atoms with E-state index in [1.54, 1.807) is 18.4 Å². The predicted molar refractivity (Wildman–Crippen MR) is 59.4 cm³/mol. The topological polar surface area (TPSA) is 48.1 Å². The average Bonchev–Trinajstić information content (AvgIpc) is 2.67. The maximum Gasteiger partial charge on any atom is 0.0795 e. The van der Waals surface area contributed by atoms with Gasteiger partial charge in [-0.25, -0.2) is 4.98 Å². The first-order chi connectivity index (χ1) is 6.55. The Hall–Kier alpha value is -0.450. The van der Waals surface area contributed by atoms with Gasteiger partial charge in [-0.1, -0.05) is 0 Å². The highest BCUT2D eigenvalue weighted by atomic mass is 32.1. The summed E-state index contributed by atoms with van der Waals surface area (Å²) in [7, 11) is 1.73. The monoisotopic (exact) mass is 214 g/mol. The average molecular weight is 214 g/mol. The summed E-state index contributed by atoms with van der Waals surface area (Å²) in [5.74, 6) is 0. The van der Waals surface area contributed by atoms with Gasteiger partial charge in [0.25, 0.3) is 0 Å². The molecule has 3 nitrogen and oxygen atoms in total. The molecule has 0 aliphatic carbocycles. The maximum absolute atomic E-state index is 5.99. The van der Waals surface area contributed by atoms with E-state index in [1.165, 1.54) is 0 Å². The minimum absolute atomic E-state index is 0.0377. The zero-order valence-electron chi connectivity index (χ0n) is 8.99. The first kappa shape index (κ1) is 11.6. The second-order valence-corrected chi connectivity index (χ2v) is 4.74. The second kappa shape index (κ2) is 4.87.